The van der Waals surface area contributed by atoms with E-state index in [1.54, 1.807) is 0 Å². The number of nitrogens with one attached hydrogen (secondary N) is 1. The average Bonchev–Trinajstić information content (AvgIpc) is 3.10. The average molecular weight is 335 g/mol. The Hall–Kier alpha value is -1.72. The van der Waals surface area contributed by atoms with Crippen LogP contribution in [0.15, 0.2) is 12.1 Å². The number of carbonyl (C=O) groups is 1. The predicted molar refractivity (Wildman–Crippen MR) is 88.7 cm³/mol. The second-order valence-corrected chi connectivity index (χ2v) is 6.59. The molecule has 5 nitrogen and oxygen atoms in total. The van der Waals surface area contributed by atoms with Crippen molar-refractivity contribution in [3.63, 3.8) is 0 Å². The standard InChI is InChI=1S/C17H18N2O3.ClH/c20-17(21)16-15-13(9-5-6-19(16)8-9)14-10-2-1-7-22-12(10)4-3-11(14)18-15;/h3-4,9,16,18H,1-2,5-8H2,(H,20,21);1H. The summed E-state index contributed by atoms with van der Waals surface area (Å²) in [6, 6.07) is 3.54. The molecule has 23 heavy (non-hydrogen) atoms. The molecule has 0 amide bonds. The van der Waals surface area contributed by atoms with Crippen LogP contribution < -0.4 is 4.74 Å². The van der Waals surface area contributed by atoms with Gasteiger partial charge in [-0.3, -0.25) is 9.69 Å². The molecular weight excluding hydrogens is 316 g/mol. The molecule has 0 saturated carbocycles. The molecule has 4 heterocycles. The van der Waals surface area contributed by atoms with E-state index in [-0.39, 0.29) is 12.4 Å². The minimum atomic E-state index is -0.752. The van der Waals surface area contributed by atoms with Crippen LogP contribution in [0.3, 0.4) is 0 Å². The van der Waals surface area contributed by atoms with Crippen LogP contribution in [0.2, 0.25) is 0 Å². The molecule has 2 bridgehead atoms. The maximum absolute atomic E-state index is 11.8. The molecule has 0 aliphatic carbocycles. The molecular formula is C17H19ClN2O3. The highest BCUT2D eigenvalue weighted by Crippen LogP contribution is 2.48. The van der Waals surface area contributed by atoms with Gasteiger partial charge in [0.15, 0.2) is 0 Å². The molecule has 0 radical (unpaired) electrons. The van der Waals surface area contributed by atoms with Gasteiger partial charge in [-0.25, -0.2) is 0 Å². The molecule has 2 N–H and O–H groups in total. The topological polar surface area (TPSA) is 65.6 Å². The lowest BCUT2D eigenvalue weighted by Crippen LogP contribution is -2.35. The fourth-order valence-electron chi connectivity index (χ4n) is 4.56. The molecule has 1 saturated heterocycles. The molecule has 0 spiro atoms. The van der Waals surface area contributed by atoms with Gasteiger partial charge >= 0.3 is 5.97 Å². The van der Waals surface area contributed by atoms with E-state index >= 15 is 0 Å². The van der Waals surface area contributed by atoms with Crippen molar-refractivity contribution in [3.05, 3.63) is 29.0 Å². The number of aromatic amines is 1. The second kappa shape index (κ2) is 5.14. The number of ether oxygens (including phenoxy) is 1. The second-order valence-electron chi connectivity index (χ2n) is 6.59. The largest absolute Gasteiger partial charge is 0.493 e. The van der Waals surface area contributed by atoms with Gasteiger partial charge in [0.25, 0.3) is 0 Å². The quantitative estimate of drug-likeness (QED) is 0.841. The van der Waals surface area contributed by atoms with Gasteiger partial charge in [0, 0.05) is 34.6 Å². The van der Waals surface area contributed by atoms with Crippen molar-refractivity contribution in [2.75, 3.05) is 19.7 Å². The van der Waals surface area contributed by atoms with Crippen molar-refractivity contribution in [2.45, 2.75) is 31.2 Å². The summed E-state index contributed by atoms with van der Waals surface area (Å²) in [5.74, 6) is 0.680. The third kappa shape index (κ3) is 1.93. The third-order valence-electron chi connectivity index (χ3n) is 5.43. The number of aliphatic carboxylic acids is 1. The number of aryl methyl sites for hydroxylation is 1. The van der Waals surface area contributed by atoms with Crippen molar-refractivity contribution in [3.8, 4) is 5.75 Å². The Morgan fingerprint density at radius 2 is 2.26 bits per heavy atom. The van der Waals surface area contributed by atoms with Gasteiger partial charge in [0.05, 0.1) is 6.61 Å². The number of H-pyrrole nitrogens is 1. The van der Waals surface area contributed by atoms with Crippen molar-refractivity contribution in [1.29, 1.82) is 0 Å². The van der Waals surface area contributed by atoms with Crippen LogP contribution in [0.25, 0.3) is 10.9 Å². The van der Waals surface area contributed by atoms with Crippen LogP contribution in [-0.2, 0) is 11.2 Å². The molecule has 2 aromatic rings. The van der Waals surface area contributed by atoms with E-state index in [1.807, 2.05) is 12.1 Å². The molecule has 1 aromatic heterocycles. The number of aromatic nitrogens is 1. The lowest BCUT2D eigenvalue weighted by molar-refractivity contribution is -0.143. The summed E-state index contributed by atoms with van der Waals surface area (Å²) in [6.07, 6.45) is 3.10. The van der Waals surface area contributed by atoms with Crippen LogP contribution in [0, 0.1) is 0 Å². The molecule has 1 aromatic carbocycles. The van der Waals surface area contributed by atoms with Crippen molar-refractivity contribution in [2.24, 2.45) is 0 Å². The Balaban J connectivity index is 0.00000135. The first kappa shape index (κ1) is 14.8. The Kier molecular flexibility index (Phi) is 3.32. The van der Waals surface area contributed by atoms with E-state index in [4.69, 9.17) is 4.74 Å². The van der Waals surface area contributed by atoms with Gasteiger partial charge in [-0.15, -0.1) is 12.4 Å². The van der Waals surface area contributed by atoms with Crippen molar-refractivity contribution in [1.82, 2.24) is 9.88 Å². The number of hydrogen-bond donors (Lipinski definition) is 2. The minimum absolute atomic E-state index is 0. The number of carboxylic acid groups (broad SMARTS) is 1. The van der Waals surface area contributed by atoms with E-state index in [1.165, 1.54) is 16.5 Å². The number of carboxylic acids is 1. The Morgan fingerprint density at radius 3 is 3.09 bits per heavy atom. The first-order chi connectivity index (χ1) is 10.7. The summed E-state index contributed by atoms with van der Waals surface area (Å²) >= 11 is 0. The Bertz CT molecular complexity index is 801. The molecule has 3 aliphatic heterocycles. The van der Waals surface area contributed by atoms with Crippen molar-refractivity contribution < 1.29 is 14.6 Å². The van der Waals surface area contributed by atoms with E-state index in [2.05, 4.69) is 9.88 Å². The smallest absolute Gasteiger partial charge is 0.327 e. The predicted octanol–water partition coefficient (Wildman–Crippen LogP) is 2.84. The maximum atomic E-state index is 11.8. The minimum Gasteiger partial charge on any atom is -0.493 e. The van der Waals surface area contributed by atoms with Gasteiger partial charge in [0.1, 0.15) is 11.8 Å². The molecule has 3 aliphatic rings. The van der Waals surface area contributed by atoms with Crippen molar-refractivity contribution >= 4 is 29.3 Å². The number of benzene rings is 1. The number of fused-ring (bicyclic) bond motifs is 8. The molecule has 6 heteroatoms. The summed E-state index contributed by atoms with van der Waals surface area (Å²) in [7, 11) is 0. The van der Waals surface area contributed by atoms with Crippen LogP contribution >= 0.6 is 12.4 Å². The van der Waals surface area contributed by atoms with Crippen LogP contribution in [-0.4, -0.2) is 40.7 Å². The molecule has 3 atom stereocenters. The monoisotopic (exact) mass is 334 g/mol. The fourth-order valence-corrected chi connectivity index (χ4v) is 4.56. The highest BCUT2D eigenvalue weighted by Gasteiger charge is 2.44. The van der Waals surface area contributed by atoms with Gasteiger partial charge in [-0.2, -0.15) is 0 Å². The van der Waals surface area contributed by atoms with Crippen LogP contribution in [0.4, 0.5) is 0 Å². The lowest BCUT2D eigenvalue weighted by Gasteiger charge is -2.29. The maximum Gasteiger partial charge on any atom is 0.327 e. The number of hydrogen-bond acceptors (Lipinski definition) is 3. The summed E-state index contributed by atoms with van der Waals surface area (Å²) in [5, 5.41) is 10.9. The highest BCUT2D eigenvalue weighted by molar-refractivity contribution is 5.93. The normalized spacial score (nSPS) is 27.7. The number of rotatable bonds is 1. The van der Waals surface area contributed by atoms with E-state index in [0.717, 1.165) is 55.9 Å². The van der Waals surface area contributed by atoms with E-state index < -0.39 is 12.0 Å². The number of nitrogens with zero attached hydrogens (tertiary/aromatic N) is 1. The van der Waals surface area contributed by atoms with E-state index in [0.29, 0.717) is 5.92 Å². The first-order valence-corrected chi connectivity index (χ1v) is 8.01. The Labute approximate surface area is 140 Å². The molecule has 5 rings (SSSR count). The van der Waals surface area contributed by atoms with Gasteiger partial charge in [-0.05, 0) is 43.5 Å². The van der Waals surface area contributed by atoms with Gasteiger partial charge in [0.2, 0.25) is 0 Å². The summed E-state index contributed by atoms with van der Waals surface area (Å²) in [6.45, 7) is 2.51. The lowest BCUT2D eigenvalue weighted by atomic mass is 9.87. The zero-order valence-electron chi connectivity index (χ0n) is 12.7. The zero-order valence-corrected chi connectivity index (χ0v) is 13.5. The van der Waals surface area contributed by atoms with Crippen LogP contribution in [0.1, 0.15) is 41.6 Å². The Morgan fingerprint density at radius 1 is 1.39 bits per heavy atom. The zero-order chi connectivity index (χ0) is 14.8. The van der Waals surface area contributed by atoms with Gasteiger partial charge < -0.3 is 14.8 Å². The summed E-state index contributed by atoms with van der Waals surface area (Å²) in [5.41, 5.74) is 4.48. The fraction of sp³-hybridized carbons (Fsp3) is 0.471. The summed E-state index contributed by atoms with van der Waals surface area (Å²) in [4.78, 5) is 17.3. The molecule has 1 fully saturated rings. The SMILES string of the molecule is Cl.O=C(O)C1c2[nH]c3ccc4c(c3c2C2CCN1C2)CCCO4. The molecule has 122 valence electrons. The van der Waals surface area contributed by atoms with E-state index in [9.17, 15) is 9.90 Å². The van der Waals surface area contributed by atoms with Gasteiger partial charge in [-0.1, -0.05) is 0 Å². The third-order valence-corrected chi connectivity index (χ3v) is 5.43. The first-order valence-electron chi connectivity index (χ1n) is 8.01. The highest BCUT2D eigenvalue weighted by atomic mass is 35.5. The van der Waals surface area contributed by atoms with Crippen LogP contribution in [0.5, 0.6) is 5.75 Å². The summed E-state index contributed by atoms with van der Waals surface area (Å²) < 4.78 is 5.80. The molecule has 3 unspecified atom stereocenters. The number of halogens is 1.